The number of amidine groups is 1. The average Bonchev–Trinajstić information content (AvgIpc) is 2.78. The molecule has 0 amide bonds. The van der Waals surface area contributed by atoms with Crippen LogP contribution in [-0.4, -0.2) is 35.4 Å². The van der Waals surface area contributed by atoms with Crippen LogP contribution in [0.1, 0.15) is 48.3 Å². The van der Waals surface area contributed by atoms with Crippen molar-refractivity contribution in [1.82, 2.24) is 5.32 Å². The number of carbonyl (C=O) groups excluding carboxylic acids is 1. The van der Waals surface area contributed by atoms with Gasteiger partial charge in [-0.3, -0.25) is 0 Å². The lowest BCUT2D eigenvalue weighted by molar-refractivity contribution is -0.138. The molecule has 0 saturated carbocycles. The van der Waals surface area contributed by atoms with Gasteiger partial charge in [0.05, 0.1) is 24.4 Å². The SMILES string of the molecule is CCOC(=O)C1=C(C)NC(SCc2ccc(C(=O)O)cc2)=N[C@H]1c1ccc(OCC)cc1. The predicted molar refractivity (Wildman–Crippen MR) is 125 cm³/mol. The highest BCUT2D eigenvalue weighted by Gasteiger charge is 2.30. The molecule has 1 atom stereocenters. The summed E-state index contributed by atoms with van der Waals surface area (Å²) in [6.07, 6.45) is 0. The van der Waals surface area contributed by atoms with Gasteiger partial charge in [-0.25, -0.2) is 14.6 Å². The fourth-order valence-corrected chi connectivity index (χ4v) is 4.14. The molecule has 7 nitrogen and oxygen atoms in total. The van der Waals surface area contributed by atoms with E-state index in [2.05, 4.69) is 5.32 Å². The van der Waals surface area contributed by atoms with Gasteiger partial charge in [0.15, 0.2) is 5.17 Å². The molecule has 0 aliphatic carbocycles. The summed E-state index contributed by atoms with van der Waals surface area (Å²) < 4.78 is 10.8. The molecule has 0 spiro atoms. The first-order valence-electron chi connectivity index (χ1n) is 10.3. The highest BCUT2D eigenvalue weighted by atomic mass is 32.2. The van der Waals surface area contributed by atoms with E-state index in [0.717, 1.165) is 16.9 Å². The number of rotatable bonds is 8. The summed E-state index contributed by atoms with van der Waals surface area (Å²) >= 11 is 1.49. The van der Waals surface area contributed by atoms with Gasteiger partial charge in [0.25, 0.3) is 0 Å². The smallest absolute Gasteiger partial charge is 0.338 e. The Balaban J connectivity index is 1.83. The van der Waals surface area contributed by atoms with Crippen LogP contribution < -0.4 is 10.1 Å². The van der Waals surface area contributed by atoms with Crippen LogP contribution in [0.5, 0.6) is 5.75 Å². The molecule has 0 bridgehead atoms. The Morgan fingerprint density at radius 2 is 1.75 bits per heavy atom. The van der Waals surface area contributed by atoms with E-state index in [9.17, 15) is 9.59 Å². The number of allylic oxidation sites excluding steroid dienone is 1. The molecule has 3 rings (SSSR count). The Morgan fingerprint density at radius 3 is 2.34 bits per heavy atom. The average molecular weight is 455 g/mol. The fourth-order valence-electron chi connectivity index (χ4n) is 3.24. The van der Waals surface area contributed by atoms with Crippen molar-refractivity contribution in [3.8, 4) is 5.75 Å². The lowest BCUT2D eigenvalue weighted by Crippen LogP contribution is -2.30. The Hall–Kier alpha value is -3.26. The van der Waals surface area contributed by atoms with Gasteiger partial charge >= 0.3 is 11.9 Å². The normalized spacial score (nSPS) is 15.6. The molecule has 2 N–H and O–H groups in total. The lowest BCUT2D eigenvalue weighted by atomic mass is 9.96. The predicted octanol–water partition coefficient (Wildman–Crippen LogP) is 4.55. The Labute approximate surface area is 191 Å². The van der Waals surface area contributed by atoms with E-state index >= 15 is 0 Å². The number of nitrogens with one attached hydrogen (secondary N) is 1. The number of esters is 1. The van der Waals surface area contributed by atoms with Crippen LogP contribution >= 0.6 is 11.8 Å². The zero-order valence-corrected chi connectivity index (χ0v) is 19.1. The Kier molecular flexibility index (Phi) is 7.94. The summed E-state index contributed by atoms with van der Waals surface area (Å²) in [5.41, 5.74) is 3.26. The van der Waals surface area contributed by atoms with Gasteiger partial charge in [-0.05, 0) is 56.2 Å². The van der Waals surface area contributed by atoms with Crippen molar-refractivity contribution in [2.75, 3.05) is 13.2 Å². The van der Waals surface area contributed by atoms with E-state index < -0.39 is 18.0 Å². The second-order valence-corrected chi connectivity index (χ2v) is 7.98. The van der Waals surface area contributed by atoms with Crippen molar-refractivity contribution in [1.29, 1.82) is 0 Å². The van der Waals surface area contributed by atoms with E-state index in [1.54, 1.807) is 31.2 Å². The molecule has 2 aromatic rings. The number of aromatic carboxylic acids is 1. The van der Waals surface area contributed by atoms with Crippen molar-refractivity contribution < 1.29 is 24.2 Å². The standard InChI is InChI=1S/C24H26N2O5S/c1-4-30-19-12-10-17(11-13-19)21-20(23(29)31-5-2)15(3)25-24(26-21)32-14-16-6-8-18(9-7-16)22(27)28/h6-13,21H,4-5,14H2,1-3H3,(H,25,26)(H,27,28)/t21-/m0/s1. The highest BCUT2D eigenvalue weighted by molar-refractivity contribution is 8.13. The monoisotopic (exact) mass is 454 g/mol. The zero-order valence-electron chi connectivity index (χ0n) is 18.3. The maximum atomic E-state index is 12.7. The molecule has 32 heavy (non-hydrogen) atoms. The first kappa shape index (κ1) is 23.4. The van der Waals surface area contributed by atoms with Gasteiger partial charge in [-0.15, -0.1) is 0 Å². The van der Waals surface area contributed by atoms with Gasteiger partial charge in [-0.1, -0.05) is 36.0 Å². The molecule has 0 radical (unpaired) electrons. The van der Waals surface area contributed by atoms with E-state index in [0.29, 0.717) is 28.8 Å². The first-order chi connectivity index (χ1) is 15.4. The molecule has 0 saturated heterocycles. The maximum absolute atomic E-state index is 12.7. The molecular weight excluding hydrogens is 428 g/mol. The Bertz CT molecular complexity index is 1030. The van der Waals surface area contributed by atoms with Crippen molar-refractivity contribution >= 4 is 28.9 Å². The Morgan fingerprint density at radius 1 is 1.06 bits per heavy atom. The number of carboxylic acid groups (broad SMARTS) is 1. The molecular formula is C24H26N2O5S. The summed E-state index contributed by atoms with van der Waals surface area (Å²) in [4.78, 5) is 28.5. The second kappa shape index (κ2) is 10.9. The fraction of sp³-hybridized carbons (Fsp3) is 0.292. The first-order valence-corrected chi connectivity index (χ1v) is 11.3. The minimum atomic E-state index is -0.951. The van der Waals surface area contributed by atoms with Crippen LogP contribution in [0.2, 0.25) is 0 Å². The van der Waals surface area contributed by atoms with Gasteiger partial charge < -0.3 is 19.9 Å². The number of thioether (sulfide) groups is 1. The summed E-state index contributed by atoms with van der Waals surface area (Å²) in [5, 5.41) is 12.9. The number of benzene rings is 2. The molecule has 0 unspecified atom stereocenters. The van der Waals surface area contributed by atoms with Crippen molar-refractivity contribution in [2.24, 2.45) is 4.99 Å². The summed E-state index contributed by atoms with van der Waals surface area (Å²) in [6.45, 7) is 6.39. The third-order valence-electron chi connectivity index (χ3n) is 4.80. The van der Waals surface area contributed by atoms with E-state index in [-0.39, 0.29) is 12.2 Å². The molecule has 1 aliphatic heterocycles. The van der Waals surface area contributed by atoms with Crippen LogP contribution in [0.4, 0.5) is 0 Å². The maximum Gasteiger partial charge on any atom is 0.338 e. The molecule has 8 heteroatoms. The summed E-state index contributed by atoms with van der Waals surface area (Å²) in [7, 11) is 0. The number of hydrogen-bond donors (Lipinski definition) is 2. The van der Waals surface area contributed by atoms with Gasteiger partial charge in [0, 0.05) is 11.4 Å². The van der Waals surface area contributed by atoms with Gasteiger partial charge in [-0.2, -0.15) is 0 Å². The molecule has 1 aliphatic rings. The number of carbonyl (C=O) groups is 2. The molecule has 0 fully saturated rings. The van der Waals surface area contributed by atoms with Crippen molar-refractivity contribution in [3.05, 3.63) is 76.5 Å². The van der Waals surface area contributed by atoms with Gasteiger partial charge in [0.1, 0.15) is 11.8 Å². The van der Waals surface area contributed by atoms with Crippen molar-refractivity contribution in [2.45, 2.75) is 32.6 Å². The minimum Gasteiger partial charge on any atom is -0.494 e. The number of hydrogen-bond acceptors (Lipinski definition) is 7. The lowest BCUT2D eigenvalue weighted by Gasteiger charge is -2.26. The number of aliphatic imine (C=N–C) groups is 1. The van der Waals surface area contributed by atoms with E-state index in [1.165, 1.54) is 11.8 Å². The molecule has 2 aromatic carbocycles. The van der Waals surface area contributed by atoms with Crippen LogP contribution in [-0.2, 0) is 15.3 Å². The summed E-state index contributed by atoms with van der Waals surface area (Å²) in [5.74, 6) is 0.0115. The van der Waals surface area contributed by atoms with Gasteiger partial charge in [0.2, 0.25) is 0 Å². The largest absolute Gasteiger partial charge is 0.494 e. The second-order valence-electron chi connectivity index (χ2n) is 7.01. The number of ether oxygens (including phenoxy) is 2. The third kappa shape index (κ3) is 5.70. The number of carboxylic acids is 1. The van der Waals surface area contributed by atoms with E-state index in [1.807, 2.05) is 38.1 Å². The highest BCUT2D eigenvalue weighted by Crippen LogP contribution is 2.34. The number of nitrogens with zero attached hydrogens (tertiary/aromatic N) is 1. The minimum absolute atomic E-state index is 0.250. The van der Waals surface area contributed by atoms with Crippen LogP contribution in [0, 0.1) is 0 Å². The van der Waals surface area contributed by atoms with E-state index in [4.69, 9.17) is 19.6 Å². The molecule has 0 aromatic heterocycles. The quantitative estimate of drug-likeness (QED) is 0.565. The summed E-state index contributed by atoms with van der Waals surface area (Å²) in [6, 6.07) is 13.8. The van der Waals surface area contributed by atoms with Crippen LogP contribution in [0.25, 0.3) is 0 Å². The van der Waals surface area contributed by atoms with Crippen LogP contribution in [0.15, 0.2) is 64.8 Å². The molecule has 1 heterocycles. The molecule has 168 valence electrons. The van der Waals surface area contributed by atoms with Crippen LogP contribution in [0.3, 0.4) is 0 Å². The third-order valence-corrected chi connectivity index (χ3v) is 5.76. The zero-order chi connectivity index (χ0) is 23.1. The van der Waals surface area contributed by atoms with Crippen molar-refractivity contribution in [3.63, 3.8) is 0 Å². The topological polar surface area (TPSA) is 97.2 Å².